The van der Waals surface area contributed by atoms with Gasteiger partial charge >= 0.3 is 0 Å². The van der Waals surface area contributed by atoms with E-state index in [0.29, 0.717) is 5.92 Å². The van der Waals surface area contributed by atoms with Crippen molar-refractivity contribution in [3.63, 3.8) is 0 Å². The zero-order valence-corrected chi connectivity index (χ0v) is 16.5. The lowest BCUT2D eigenvalue weighted by atomic mass is 9.46. The number of allylic oxidation sites excluding steroid dienone is 1. The van der Waals surface area contributed by atoms with Gasteiger partial charge in [0.2, 0.25) is 0 Å². The van der Waals surface area contributed by atoms with Crippen LogP contribution >= 0.6 is 0 Å². The Morgan fingerprint density at radius 1 is 1.22 bits per heavy atom. The molecule has 3 aliphatic rings. The highest BCUT2D eigenvalue weighted by Crippen LogP contribution is 2.62. The van der Waals surface area contributed by atoms with Crippen LogP contribution in [0.2, 0.25) is 0 Å². The van der Waals surface area contributed by atoms with Gasteiger partial charge in [0.15, 0.2) is 11.6 Å². The quantitative estimate of drug-likeness (QED) is 0.655. The monoisotopic (exact) mass is 376 g/mol. The van der Waals surface area contributed by atoms with Crippen molar-refractivity contribution >= 4 is 11.6 Å². The van der Waals surface area contributed by atoms with E-state index in [2.05, 4.69) is 20.4 Å². The molecule has 0 aliphatic heterocycles. The number of hydrogen-bond donors (Lipinski definition) is 3. The molecule has 3 N–H and O–H groups in total. The lowest BCUT2D eigenvalue weighted by molar-refractivity contribution is -0.146. The molecule has 27 heavy (non-hydrogen) atoms. The van der Waals surface area contributed by atoms with E-state index in [9.17, 15) is 24.9 Å². The number of hydrogen-bond acceptors (Lipinski definition) is 5. The van der Waals surface area contributed by atoms with Crippen LogP contribution in [-0.4, -0.2) is 45.7 Å². The minimum absolute atomic E-state index is 0.0711. The van der Waals surface area contributed by atoms with Gasteiger partial charge in [-0.05, 0) is 60.8 Å². The Balaban J connectivity index is 1.93. The average Bonchev–Trinajstić information content (AvgIpc) is 2.61. The smallest absolute Gasteiger partial charge is 0.188 e. The van der Waals surface area contributed by atoms with E-state index in [1.165, 1.54) is 0 Å². The number of ketones is 2. The molecule has 2 saturated carbocycles. The highest BCUT2D eigenvalue weighted by atomic mass is 16.3. The maximum atomic E-state index is 12.6. The van der Waals surface area contributed by atoms with Crippen molar-refractivity contribution in [1.82, 2.24) is 0 Å². The maximum absolute atomic E-state index is 12.6. The Kier molecular flexibility index (Phi) is 5.26. The van der Waals surface area contributed by atoms with Crippen molar-refractivity contribution < 1.29 is 24.9 Å². The zero-order valence-electron chi connectivity index (χ0n) is 16.5. The summed E-state index contributed by atoms with van der Waals surface area (Å²) in [5, 5.41) is 30.4. The van der Waals surface area contributed by atoms with Crippen molar-refractivity contribution in [2.45, 2.75) is 64.4 Å². The molecule has 0 bridgehead atoms. The molecule has 0 spiro atoms. The molecule has 3 rings (SSSR count). The summed E-state index contributed by atoms with van der Waals surface area (Å²) >= 11 is 0. The summed E-state index contributed by atoms with van der Waals surface area (Å²) in [6.45, 7) is 8.25. The third-order valence-corrected chi connectivity index (χ3v) is 7.79. The summed E-state index contributed by atoms with van der Waals surface area (Å²) in [6.07, 6.45) is 5.73. The molecule has 150 valence electrons. The summed E-state index contributed by atoms with van der Waals surface area (Å²) in [6, 6.07) is 0. The van der Waals surface area contributed by atoms with Gasteiger partial charge in [-0.15, -0.1) is 0 Å². The first-order valence-electron chi connectivity index (χ1n) is 9.99. The van der Waals surface area contributed by atoms with Gasteiger partial charge in [0.05, 0.1) is 6.61 Å². The summed E-state index contributed by atoms with van der Waals surface area (Å²) < 4.78 is 0. The first-order chi connectivity index (χ1) is 12.6. The summed E-state index contributed by atoms with van der Waals surface area (Å²) in [4.78, 5) is 24.8. The molecule has 0 saturated heterocycles. The van der Waals surface area contributed by atoms with E-state index in [0.717, 1.165) is 43.8 Å². The lowest BCUT2D eigenvalue weighted by Gasteiger charge is -2.59. The van der Waals surface area contributed by atoms with Crippen LogP contribution in [-0.2, 0) is 9.59 Å². The minimum Gasteiger partial charge on any atom is -0.396 e. The van der Waals surface area contributed by atoms with E-state index in [-0.39, 0.29) is 47.6 Å². The number of Topliss-reactive ketones (excluding diaryl/α,β-unsaturated/α-hetero) is 1. The van der Waals surface area contributed by atoms with E-state index in [1.807, 2.05) is 0 Å². The Bertz CT molecular complexity index is 695. The molecule has 5 nitrogen and oxygen atoms in total. The van der Waals surface area contributed by atoms with Crippen LogP contribution in [0.4, 0.5) is 0 Å². The van der Waals surface area contributed by atoms with Gasteiger partial charge in [-0.3, -0.25) is 9.59 Å². The Labute approximate surface area is 161 Å². The Morgan fingerprint density at radius 2 is 1.93 bits per heavy atom. The van der Waals surface area contributed by atoms with Crippen LogP contribution in [0.3, 0.4) is 0 Å². The second-order valence-corrected chi connectivity index (χ2v) is 9.50. The molecule has 5 atom stereocenters. The topological polar surface area (TPSA) is 94.8 Å². The summed E-state index contributed by atoms with van der Waals surface area (Å²) in [5.41, 5.74) is -0.958. The standard InChI is InChI=1S/C22H32O5/c1-14-5-6-18-20(2,13-24)7-4-8-21(18,3)16(14)10-22(27)11-17(25)15(12-23)9-19(22)26/h9,16,18,23-24,27H,1,4-8,10-13H2,2-3H3/t16-,18-,20-,21+,22+/m0/s1. The molecule has 0 aromatic heterocycles. The Morgan fingerprint density at radius 3 is 2.56 bits per heavy atom. The zero-order chi connectivity index (χ0) is 20.0. The van der Waals surface area contributed by atoms with Gasteiger partial charge in [-0.2, -0.15) is 0 Å². The van der Waals surface area contributed by atoms with Gasteiger partial charge in [-0.25, -0.2) is 0 Å². The lowest BCUT2D eigenvalue weighted by Crippen LogP contribution is -2.55. The van der Waals surface area contributed by atoms with Crippen LogP contribution in [0, 0.1) is 22.7 Å². The highest BCUT2D eigenvalue weighted by molar-refractivity contribution is 6.12. The minimum atomic E-state index is -1.73. The molecule has 0 amide bonds. The molecule has 0 heterocycles. The van der Waals surface area contributed by atoms with E-state index >= 15 is 0 Å². The molecule has 0 unspecified atom stereocenters. The number of fused-ring (bicyclic) bond motifs is 1. The predicted molar refractivity (Wildman–Crippen MR) is 102 cm³/mol. The molecular weight excluding hydrogens is 344 g/mol. The summed E-state index contributed by atoms with van der Waals surface area (Å²) in [7, 11) is 0. The van der Waals surface area contributed by atoms with Gasteiger partial charge in [0.25, 0.3) is 0 Å². The van der Waals surface area contributed by atoms with Gasteiger partial charge in [0.1, 0.15) is 5.60 Å². The highest BCUT2D eigenvalue weighted by Gasteiger charge is 2.56. The number of rotatable bonds is 4. The van der Waals surface area contributed by atoms with Crippen LogP contribution in [0.1, 0.15) is 58.8 Å². The first kappa shape index (κ1) is 20.4. The molecule has 2 fully saturated rings. The largest absolute Gasteiger partial charge is 0.396 e. The van der Waals surface area contributed by atoms with Crippen molar-refractivity contribution in [2.24, 2.45) is 22.7 Å². The second-order valence-electron chi connectivity index (χ2n) is 9.50. The van der Waals surface area contributed by atoms with Crippen LogP contribution in [0.5, 0.6) is 0 Å². The normalized spacial score (nSPS) is 42.7. The number of aliphatic hydroxyl groups excluding tert-OH is 2. The molecule has 5 heteroatoms. The van der Waals surface area contributed by atoms with Crippen LogP contribution < -0.4 is 0 Å². The fourth-order valence-corrected chi connectivity index (χ4v) is 6.13. The second kappa shape index (κ2) is 6.94. The van der Waals surface area contributed by atoms with Crippen molar-refractivity contribution in [3.05, 3.63) is 23.8 Å². The predicted octanol–water partition coefficient (Wildman–Crippen LogP) is 2.34. The third kappa shape index (κ3) is 3.24. The van der Waals surface area contributed by atoms with E-state index in [4.69, 9.17) is 0 Å². The van der Waals surface area contributed by atoms with E-state index < -0.39 is 18.0 Å². The number of carbonyl (C=O) groups excluding carboxylic acids is 2. The van der Waals surface area contributed by atoms with Crippen LogP contribution in [0.15, 0.2) is 23.8 Å². The molecule has 3 aliphatic carbocycles. The SMILES string of the molecule is C=C1CC[C@H]2[C@](C)(CO)CCC[C@]2(C)[C@H]1C[C@@]1(O)CC(=O)C(CO)=CC1=O. The Hall–Kier alpha value is -1.30. The van der Waals surface area contributed by atoms with Crippen molar-refractivity contribution in [2.75, 3.05) is 13.2 Å². The van der Waals surface area contributed by atoms with Crippen molar-refractivity contribution in [3.8, 4) is 0 Å². The maximum Gasteiger partial charge on any atom is 0.188 e. The van der Waals surface area contributed by atoms with Gasteiger partial charge in [-0.1, -0.05) is 32.4 Å². The summed E-state index contributed by atoms with van der Waals surface area (Å²) in [5.74, 6) is -0.647. The van der Waals surface area contributed by atoms with E-state index in [1.54, 1.807) is 0 Å². The average molecular weight is 376 g/mol. The first-order valence-corrected chi connectivity index (χ1v) is 9.99. The van der Waals surface area contributed by atoms with Gasteiger partial charge < -0.3 is 15.3 Å². The van der Waals surface area contributed by atoms with Gasteiger partial charge in [0, 0.05) is 18.6 Å². The molecule has 0 aromatic rings. The number of carbonyl (C=O) groups is 2. The molecule has 0 radical (unpaired) electrons. The fourth-order valence-electron chi connectivity index (χ4n) is 6.13. The molecule has 0 aromatic carbocycles. The van der Waals surface area contributed by atoms with Crippen LogP contribution in [0.25, 0.3) is 0 Å². The third-order valence-electron chi connectivity index (χ3n) is 7.79. The fraction of sp³-hybridized carbons (Fsp3) is 0.727. The number of aliphatic hydroxyl groups is 3. The molecular formula is C22H32O5. The van der Waals surface area contributed by atoms with Crippen molar-refractivity contribution in [1.29, 1.82) is 0 Å².